The van der Waals surface area contributed by atoms with Gasteiger partial charge in [-0.05, 0) is 38.6 Å². The third-order valence-corrected chi connectivity index (χ3v) is 2.42. The first kappa shape index (κ1) is 12.0. The van der Waals surface area contributed by atoms with Crippen molar-refractivity contribution in [3.05, 3.63) is 29.3 Å². The number of benzene rings is 1. The highest BCUT2D eigenvalue weighted by Gasteiger charge is 2.14. The van der Waals surface area contributed by atoms with E-state index in [0.717, 1.165) is 18.5 Å². The van der Waals surface area contributed by atoms with E-state index < -0.39 is 6.17 Å². The van der Waals surface area contributed by atoms with E-state index in [1.807, 2.05) is 19.2 Å². The van der Waals surface area contributed by atoms with Crippen LogP contribution in [0.1, 0.15) is 24.2 Å². The first-order valence-electron chi connectivity index (χ1n) is 5.15. The van der Waals surface area contributed by atoms with Crippen molar-refractivity contribution in [2.75, 3.05) is 20.7 Å². The number of rotatable bonds is 5. The summed E-state index contributed by atoms with van der Waals surface area (Å²) in [6, 6.07) is 5.65. The molecule has 1 N–H and O–H groups in total. The van der Waals surface area contributed by atoms with Gasteiger partial charge in [-0.1, -0.05) is 12.1 Å². The molecule has 2 nitrogen and oxygen atoms in total. The van der Waals surface area contributed by atoms with Gasteiger partial charge < -0.3 is 10.1 Å². The lowest BCUT2D eigenvalue weighted by atomic mass is 10.00. The molecule has 84 valence electrons. The first-order chi connectivity index (χ1) is 7.20. The summed E-state index contributed by atoms with van der Waals surface area (Å²) in [6.07, 6.45) is -0.176. The van der Waals surface area contributed by atoms with Gasteiger partial charge in [0.1, 0.15) is 11.9 Å². The van der Waals surface area contributed by atoms with Crippen LogP contribution in [0.25, 0.3) is 0 Å². The maximum absolute atomic E-state index is 13.5. The van der Waals surface area contributed by atoms with Gasteiger partial charge in [0, 0.05) is 5.56 Å². The molecular weight excluding hydrogens is 193 g/mol. The van der Waals surface area contributed by atoms with Gasteiger partial charge >= 0.3 is 0 Å². The lowest BCUT2D eigenvalue weighted by Crippen LogP contribution is -2.12. The van der Waals surface area contributed by atoms with Gasteiger partial charge in [-0.3, -0.25) is 0 Å². The summed E-state index contributed by atoms with van der Waals surface area (Å²) >= 11 is 0. The van der Waals surface area contributed by atoms with E-state index in [1.54, 1.807) is 20.1 Å². The summed E-state index contributed by atoms with van der Waals surface area (Å²) in [4.78, 5) is 0. The predicted octanol–water partition coefficient (Wildman–Crippen LogP) is 2.49. The van der Waals surface area contributed by atoms with E-state index in [1.165, 1.54) is 0 Å². The molecule has 0 aromatic heterocycles. The molecule has 0 spiro atoms. The molecule has 0 heterocycles. The molecule has 1 rings (SSSR count). The van der Waals surface area contributed by atoms with Gasteiger partial charge in [-0.2, -0.15) is 0 Å². The highest BCUT2D eigenvalue weighted by molar-refractivity contribution is 5.42. The van der Waals surface area contributed by atoms with Crippen LogP contribution in [0, 0.1) is 0 Å². The van der Waals surface area contributed by atoms with Gasteiger partial charge in [-0.15, -0.1) is 0 Å². The number of hydrogen-bond acceptors (Lipinski definition) is 2. The molecule has 1 atom stereocenters. The van der Waals surface area contributed by atoms with E-state index in [-0.39, 0.29) is 0 Å². The molecular formula is C12H18FNO. The van der Waals surface area contributed by atoms with E-state index in [4.69, 9.17) is 4.74 Å². The van der Waals surface area contributed by atoms with Crippen LogP contribution in [0.3, 0.4) is 0 Å². The topological polar surface area (TPSA) is 21.3 Å². The first-order valence-corrected chi connectivity index (χ1v) is 5.15. The molecule has 0 amide bonds. The Morgan fingerprint density at radius 1 is 1.47 bits per heavy atom. The van der Waals surface area contributed by atoms with Crippen molar-refractivity contribution < 1.29 is 9.13 Å². The normalized spacial score (nSPS) is 12.5. The quantitative estimate of drug-likeness (QED) is 0.808. The second-order valence-corrected chi connectivity index (χ2v) is 3.50. The molecule has 0 bridgehead atoms. The zero-order valence-corrected chi connectivity index (χ0v) is 9.51. The van der Waals surface area contributed by atoms with Crippen molar-refractivity contribution in [1.29, 1.82) is 0 Å². The minimum absolute atomic E-state index is 0.638. The van der Waals surface area contributed by atoms with Crippen LogP contribution < -0.4 is 10.1 Å². The Morgan fingerprint density at radius 3 is 2.73 bits per heavy atom. The molecule has 0 aliphatic rings. The van der Waals surface area contributed by atoms with Crippen molar-refractivity contribution >= 4 is 0 Å². The summed E-state index contributed by atoms with van der Waals surface area (Å²) in [5, 5.41) is 3.06. The Labute approximate surface area is 90.4 Å². The minimum atomic E-state index is -0.993. The van der Waals surface area contributed by atoms with Crippen LogP contribution in [0.15, 0.2) is 18.2 Å². The lowest BCUT2D eigenvalue weighted by Gasteiger charge is -2.14. The van der Waals surface area contributed by atoms with Crippen molar-refractivity contribution in [2.24, 2.45) is 0 Å². The minimum Gasteiger partial charge on any atom is -0.496 e. The highest BCUT2D eigenvalue weighted by Crippen LogP contribution is 2.30. The number of halogens is 1. The van der Waals surface area contributed by atoms with Crippen molar-refractivity contribution in [1.82, 2.24) is 5.32 Å². The molecule has 0 radical (unpaired) electrons. The second-order valence-electron chi connectivity index (χ2n) is 3.50. The molecule has 1 aromatic rings. The maximum Gasteiger partial charge on any atom is 0.126 e. The van der Waals surface area contributed by atoms with Gasteiger partial charge in [-0.25, -0.2) is 4.39 Å². The molecule has 0 fully saturated rings. The molecule has 0 saturated carbocycles. The summed E-state index contributed by atoms with van der Waals surface area (Å²) < 4.78 is 18.6. The van der Waals surface area contributed by atoms with Gasteiger partial charge in [0.2, 0.25) is 0 Å². The Balaban J connectivity index is 3.02. The molecule has 0 aliphatic heterocycles. The van der Waals surface area contributed by atoms with Crippen molar-refractivity contribution in [2.45, 2.75) is 19.5 Å². The van der Waals surface area contributed by atoms with Gasteiger partial charge in [0.25, 0.3) is 0 Å². The summed E-state index contributed by atoms with van der Waals surface area (Å²) in [6.45, 7) is 2.38. The average molecular weight is 211 g/mol. The van der Waals surface area contributed by atoms with Crippen LogP contribution in [0.2, 0.25) is 0 Å². The number of methoxy groups -OCH3 is 1. The fourth-order valence-electron chi connectivity index (χ4n) is 1.70. The van der Waals surface area contributed by atoms with Gasteiger partial charge in [0.05, 0.1) is 7.11 Å². The van der Waals surface area contributed by atoms with E-state index in [0.29, 0.717) is 11.3 Å². The Morgan fingerprint density at radius 2 is 2.20 bits per heavy atom. The lowest BCUT2D eigenvalue weighted by molar-refractivity contribution is 0.344. The smallest absolute Gasteiger partial charge is 0.126 e. The zero-order chi connectivity index (χ0) is 11.3. The second kappa shape index (κ2) is 5.71. The summed E-state index contributed by atoms with van der Waals surface area (Å²) in [5.74, 6) is 0.638. The third-order valence-electron chi connectivity index (χ3n) is 2.42. The average Bonchev–Trinajstić information content (AvgIpc) is 2.25. The van der Waals surface area contributed by atoms with Crippen molar-refractivity contribution in [3.8, 4) is 5.75 Å². The van der Waals surface area contributed by atoms with Gasteiger partial charge in [0.15, 0.2) is 0 Å². The molecule has 1 aromatic carbocycles. The van der Waals surface area contributed by atoms with Crippen LogP contribution in [0.5, 0.6) is 5.75 Å². The van der Waals surface area contributed by atoms with E-state index in [9.17, 15) is 4.39 Å². The number of nitrogens with one attached hydrogen (secondary N) is 1. The summed E-state index contributed by atoms with van der Waals surface area (Å²) in [5.41, 5.74) is 1.69. The fraction of sp³-hybridized carbons (Fsp3) is 0.500. The fourth-order valence-corrected chi connectivity index (χ4v) is 1.70. The Bertz CT molecular complexity index is 312. The molecule has 0 aliphatic carbocycles. The van der Waals surface area contributed by atoms with Crippen molar-refractivity contribution in [3.63, 3.8) is 0 Å². The number of alkyl halides is 1. The number of ether oxygens (including phenoxy) is 1. The largest absolute Gasteiger partial charge is 0.496 e. The van der Waals surface area contributed by atoms with Crippen LogP contribution in [-0.2, 0) is 6.42 Å². The Kier molecular flexibility index (Phi) is 4.56. The van der Waals surface area contributed by atoms with Crippen LogP contribution in [-0.4, -0.2) is 20.7 Å². The maximum atomic E-state index is 13.5. The molecule has 3 heteroatoms. The number of likely N-dealkylation sites (N-methyl/N-ethyl adjacent to an activating group) is 1. The Hall–Kier alpha value is -1.09. The van der Waals surface area contributed by atoms with Crippen LogP contribution in [0.4, 0.5) is 4.39 Å². The monoisotopic (exact) mass is 211 g/mol. The third kappa shape index (κ3) is 2.93. The standard InChI is InChI=1S/C12H18FNO/c1-9(13)12-10(7-8-14-2)5-4-6-11(12)15-3/h4-6,9,14H,7-8H2,1-3H3. The SMILES string of the molecule is CNCCc1cccc(OC)c1C(C)F. The number of hydrogen-bond donors (Lipinski definition) is 1. The van der Waals surface area contributed by atoms with E-state index in [2.05, 4.69) is 5.32 Å². The van der Waals surface area contributed by atoms with Crippen LogP contribution >= 0.6 is 0 Å². The molecule has 15 heavy (non-hydrogen) atoms. The van der Waals surface area contributed by atoms with E-state index >= 15 is 0 Å². The predicted molar refractivity (Wildman–Crippen MR) is 60.1 cm³/mol. The molecule has 0 saturated heterocycles. The zero-order valence-electron chi connectivity index (χ0n) is 9.51. The highest BCUT2D eigenvalue weighted by atomic mass is 19.1. The summed E-state index contributed by atoms with van der Waals surface area (Å²) in [7, 11) is 3.46. The molecule has 1 unspecified atom stereocenters.